The van der Waals surface area contributed by atoms with E-state index in [1.165, 1.54) is 0 Å². The Morgan fingerprint density at radius 2 is 0.661 bits per heavy atom. The van der Waals surface area contributed by atoms with Gasteiger partial charge in [-0.2, -0.15) is 0 Å². The molecule has 6 heteroatoms. The molecule has 0 spiro atoms. The van der Waals surface area contributed by atoms with E-state index in [4.69, 9.17) is 0 Å². The zero-order valence-corrected chi connectivity index (χ0v) is 33.0. The number of amides is 2. The molecule has 292 valence electrons. The highest BCUT2D eigenvalue weighted by Crippen LogP contribution is 2.46. The van der Waals surface area contributed by atoms with Crippen LogP contribution in [0, 0.1) is 5.41 Å². The summed E-state index contributed by atoms with van der Waals surface area (Å²) in [5.41, 5.74) is -1.65. The van der Waals surface area contributed by atoms with Crippen LogP contribution in [0.15, 0.2) is 206 Å². The molecule has 0 aliphatic carbocycles. The molecule has 2 atom stereocenters. The predicted molar refractivity (Wildman–Crippen MR) is 235 cm³/mol. The van der Waals surface area contributed by atoms with Crippen LogP contribution in [0.4, 0.5) is 0 Å². The first-order valence-electron chi connectivity index (χ1n) is 19.9. The fourth-order valence-electron chi connectivity index (χ4n) is 8.31. The number of rotatable bonds is 12. The Balaban J connectivity index is 1.26. The molecule has 0 aromatic heterocycles. The van der Waals surface area contributed by atoms with E-state index in [0.717, 1.165) is 21.5 Å². The van der Waals surface area contributed by atoms with Crippen LogP contribution in [0.2, 0.25) is 0 Å². The summed E-state index contributed by atoms with van der Waals surface area (Å²) in [6, 6.07) is 62.4. The number of carbonyl (C=O) groups is 2. The minimum Gasteiger partial charge on any atom is -0.378 e. The molecule has 6 nitrogen and oxygen atoms in total. The lowest BCUT2D eigenvalue weighted by Gasteiger charge is -2.41. The van der Waals surface area contributed by atoms with Crippen molar-refractivity contribution in [3.8, 4) is 0 Å². The van der Waals surface area contributed by atoms with E-state index in [0.29, 0.717) is 33.4 Å². The van der Waals surface area contributed by atoms with Gasteiger partial charge >= 0.3 is 0 Å². The van der Waals surface area contributed by atoms with Crippen molar-refractivity contribution in [2.45, 2.75) is 37.1 Å². The Morgan fingerprint density at radius 1 is 0.390 bits per heavy atom. The van der Waals surface area contributed by atoms with Gasteiger partial charge in [0, 0.05) is 0 Å². The maximum absolute atomic E-state index is 15.1. The van der Waals surface area contributed by atoms with Crippen molar-refractivity contribution in [1.29, 1.82) is 0 Å². The van der Waals surface area contributed by atoms with Crippen molar-refractivity contribution in [2.75, 3.05) is 0 Å². The first kappa shape index (κ1) is 39.0. The smallest absolute Gasteiger partial charge is 0.235 e. The molecule has 0 radical (unpaired) electrons. The molecule has 0 saturated heterocycles. The standard InChI is InChI=1S/C53H46N2O4/c1-51(2,49(56)54-47(45-35-19-23-37-21-15-17-33-43(37)45)52(58,39-25-7-3-8-26-39)40-27-9-4-10-28-40)50(57)55-48(46-36-20-24-38-22-16-18-34-44(38)46)53(59,41-29-11-5-12-30-41)42-31-13-6-14-32-42/h3-36,47-48,58-59H,1-2H3,(H,54,56)(H,55,57)/t47-,48-/m0/s1. The van der Waals surface area contributed by atoms with Gasteiger partial charge in [0.2, 0.25) is 11.8 Å². The molecule has 8 aromatic rings. The van der Waals surface area contributed by atoms with E-state index in [-0.39, 0.29) is 0 Å². The first-order chi connectivity index (χ1) is 28.6. The fraction of sp³-hybridized carbons (Fsp3) is 0.132. The third-order valence-corrected chi connectivity index (χ3v) is 11.6. The minimum absolute atomic E-state index is 0.568. The summed E-state index contributed by atoms with van der Waals surface area (Å²) in [5.74, 6) is -1.23. The normalized spacial score (nSPS) is 13.1. The van der Waals surface area contributed by atoms with E-state index >= 15 is 9.59 Å². The second-order valence-corrected chi connectivity index (χ2v) is 15.6. The highest BCUT2D eigenvalue weighted by atomic mass is 16.3. The topological polar surface area (TPSA) is 98.7 Å². The number of benzene rings is 8. The van der Waals surface area contributed by atoms with E-state index in [1.807, 2.05) is 206 Å². The monoisotopic (exact) mass is 774 g/mol. The molecule has 0 heterocycles. The molecule has 8 aromatic carbocycles. The number of aliphatic hydroxyl groups is 2. The Bertz CT molecular complexity index is 2440. The summed E-state index contributed by atoms with van der Waals surface area (Å²) in [7, 11) is 0. The van der Waals surface area contributed by atoms with Crippen molar-refractivity contribution >= 4 is 33.4 Å². The van der Waals surface area contributed by atoms with Gasteiger partial charge in [-0.3, -0.25) is 9.59 Å². The minimum atomic E-state index is -1.78. The fourth-order valence-corrected chi connectivity index (χ4v) is 8.31. The number of nitrogens with one attached hydrogen (secondary N) is 2. The van der Waals surface area contributed by atoms with Gasteiger partial charge in [-0.1, -0.05) is 206 Å². The molecule has 8 rings (SSSR count). The molecule has 0 aliphatic heterocycles. The average Bonchev–Trinajstić information content (AvgIpc) is 3.30. The van der Waals surface area contributed by atoms with Crippen LogP contribution in [0.1, 0.15) is 59.3 Å². The van der Waals surface area contributed by atoms with Gasteiger partial charge in [-0.15, -0.1) is 0 Å². The van der Waals surface area contributed by atoms with Crippen LogP contribution < -0.4 is 10.6 Å². The second kappa shape index (κ2) is 16.2. The van der Waals surface area contributed by atoms with E-state index in [1.54, 1.807) is 13.8 Å². The average molecular weight is 775 g/mol. The van der Waals surface area contributed by atoms with Crippen LogP contribution in [0.25, 0.3) is 21.5 Å². The quantitative estimate of drug-likeness (QED) is 0.0930. The van der Waals surface area contributed by atoms with Crippen molar-refractivity contribution in [2.24, 2.45) is 5.41 Å². The summed E-state index contributed by atoms with van der Waals surface area (Å²) in [5, 5.41) is 36.6. The van der Waals surface area contributed by atoms with Crippen molar-refractivity contribution in [1.82, 2.24) is 10.6 Å². The highest BCUT2D eigenvalue weighted by molar-refractivity contribution is 6.05. The van der Waals surface area contributed by atoms with Gasteiger partial charge in [0.15, 0.2) is 0 Å². The molecule has 0 saturated carbocycles. The summed E-state index contributed by atoms with van der Waals surface area (Å²) >= 11 is 0. The second-order valence-electron chi connectivity index (χ2n) is 15.6. The van der Waals surface area contributed by atoms with E-state index in [9.17, 15) is 10.2 Å². The van der Waals surface area contributed by atoms with Gasteiger partial charge in [0.05, 0.1) is 12.1 Å². The van der Waals surface area contributed by atoms with Crippen molar-refractivity contribution in [3.63, 3.8) is 0 Å². The van der Waals surface area contributed by atoms with Crippen molar-refractivity contribution < 1.29 is 19.8 Å². The van der Waals surface area contributed by atoms with Crippen LogP contribution in [0.5, 0.6) is 0 Å². The lowest BCUT2D eigenvalue weighted by Crippen LogP contribution is -2.55. The van der Waals surface area contributed by atoms with Gasteiger partial charge in [-0.05, 0) is 68.8 Å². The largest absolute Gasteiger partial charge is 0.378 e. The van der Waals surface area contributed by atoms with Crippen LogP contribution in [-0.4, -0.2) is 22.0 Å². The Kier molecular flexibility index (Phi) is 10.7. The number of hydrogen-bond acceptors (Lipinski definition) is 4. The predicted octanol–water partition coefficient (Wildman–Crippen LogP) is 9.91. The lowest BCUT2D eigenvalue weighted by atomic mass is 9.75. The number of fused-ring (bicyclic) bond motifs is 2. The summed E-state index contributed by atoms with van der Waals surface area (Å²) < 4.78 is 0. The van der Waals surface area contributed by atoms with Crippen LogP contribution in [-0.2, 0) is 20.8 Å². The third kappa shape index (κ3) is 7.18. The van der Waals surface area contributed by atoms with Gasteiger partial charge in [0.25, 0.3) is 0 Å². The molecule has 0 fully saturated rings. The van der Waals surface area contributed by atoms with Gasteiger partial charge < -0.3 is 20.8 Å². The zero-order chi connectivity index (χ0) is 41.0. The SMILES string of the molecule is CC(C)(C(=O)N[C@@H](c1cccc2ccccc12)C(O)(c1ccccc1)c1ccccc1)C(=O)N[C@@H](c1cccc2ccccc12)C(O)(c1ccccc1)c1ccccc1. The molecule has 4 N–H and O–H groups in total. The zero-order valence-electron chi connectivity index (χ0n) is 33.0. The molecular weight excluding hydrogens is 729 g/mol. The maximum atomic E-state index is 15.1. The van der Waals surface area contributed by atoms with Gasteiger partial charge in [-0.25, -0.2) is 0 Å². The molecule has 59 heavy (non-hydrogen) atoms. The van der Waals surface area contributed by atoms with Crippen LogP contribution in [0.3, 0.4) is 0 Å². The Morgan fingerprint density at radius 3 is 0.983 bits per heavy atom. The Labute approximate surface area is 344 Å². The lowest BCUT2D eigenvalue weighted by molar-refractivity contribution is -0.144. The Hall–Kier alpha value is -6.86. The molecule has 2 amide bonds. The summed E-state index contributed by atoms with van der Waals surface area (Å²) in [6.45, 7) is 3.15. The first-order valence-corrected chi connectivity index (χ1v) is 19.9. The molecule has 0 unspecified atom stereocenters. The third-order valence-electron chi connectivity index (χ3n) is 11.6. The summed E-state index contributed by atoms with van der Waals surface area (Å²) in [4.78, 5) is 30.2. The number of carbonyl (C=O) groups excluding carboxylic acids is 2. The van der Waals surface area contributed by atoms with Crippen LogP contribution >= 0.6 is 0 Å². The number of hydrogen-bond donors (Lipinski definition) is 4. The van der Waals surface area contributed by atoms with Gasteiger partial charge in [0.1, 0.15) is 16.6 Å². The van der Waals surface area contributed by atoms with E-state index < -0.39 is 40.5 Å². The molecule has 0 bridgehead atoms. The van der Waals surface area contributed by atoms with E-state index in [2.05, 4.69) is 10.6 Å². The summed E-state index contributed by atoms with van der Waals surface area (Å²) in [6.07, 6.45) is 0. The highest BCUT2D eigenvalue weighted by Gasteiger charge is 2.49. The maximum Gasteiger partial charge on any atom is 0.235 e. The molecular formula is C53H46N2O4. The van der Waals surface area contributed by atoms with Crippen molar-refractivity contribution in [3.05, 3.63) is 240 Å². The molecule has 0 aliphatic rings.